The Morgan fingerprint density at radius 1 is 1.17 bits per heavy atom. The van der Waals surface area contributed by atoms with Gasteiger partial charge in [-0.15, -0.1) is 0 Å². The van der Waals surface area contributed by atoms with Crippen molar-refractivity contribution < 1.29 is 14.3 Å². The van der Waals surface area contributed by atoms with Gasteiger partial charge in [0.2, 0.25) is 0 Å². The van der Waals surface area contributed by atoms with E-state index in [1.54, 1.807) is 44.4 Å². The van der Waals surface area contributed by atoms with E-state index < -0.39 is 0 Å². The Morgan fingerprint density at radius 3 is 2.61 bits per heavy atom. The molecule has 6 nitrogen and oxygen atoms in total. The smallest absolute Gasteiger partial charge is 0.277 e. The van der Waals surface area contributed by atoms with Crippen LogP contribution in [0.5, 0.6) is 11.5 Å². The summed E-state index contributed by atoms with van der Waals surface area (Å²) < 4.78 is 10.6. The molecule has 0 aliphatic rings. The highest BCUT2D eigenvalue weighted by Gasteiger charge is 2.06. The molecular weight excluding hydrogens is 294 g/mol. The van der Waals surface area contributed by atoms with Gasteiger partial charge in [0.25, 0.3) is 5.91 Å². The van der Waals surface area contributed by atoms with Gasteiger partial charge in [-0.25, -0.2) is 5.43 Å². The van der Waals surface area contributed by atoms with E-state index in [4.69, 9.17) is 15.2 Å². The fraction of sp³-hybridized carbons (Fsp3) is 0.176. The average Bonchev–Trinajstić information content (AvgIpc) is 2.58. The summed E-state index contributed by atoms with van der Waals surface area (Å²) in [5, 5.41) is 4.04. The number of nitrogen functional groups attached to an aromatic ring is 1. The van der Waals surface area contributed by atoms with Gasteiger partial charge < -0.3 is 15.2 Å². The molecule has 23 heavy (non-hydrogen) atoms. The fourth-order valence-corrected chi connectivity index (χ4v) is 1.89. The third-order valence-electron chi connectivity index (χ3n) is 3.08. The van der Waals surface area contributed by atoms with Gasteiger partial charge in [-0.05, 0) is 36.8 Å². The van der Waals surface area contributed by atoms with Crippen molar-refractivity contribution in [3.8, 4) is 11.5 Å². The minimum Gasteiger partial charge on any atom is -0.493 e. The number of hydrazone groups is 1. The molecule has 1 amide bonds. The number of ether oxygens (including phenoxy) is 2. The van der Waals surface area contributed by atoms with Crippen LogP contribution in [0.25, 0.3) is 0 Å². The summed E-state index contributed by atoms with van der Waals surface area (Å²) in [4.78, 5) is 11.8. The van der Waals surface area contributed by atoms with Gasteiger partial charge in [0.05, 0.1) is 12.8 Å². The van der Waals surface area contributed by atoms with Crippen molar-refractivity contribution >= 4 is 17.3 Å². The molecule has 0 bridgehead atoms. The van der Waals surface area contributed by atoms with Crippen molar-refractivity contribution in [3.05, 3.63) is 54.1 Å². The van der Waals surface area contributed by atoms with Crippen LogP contribution >= 0.6 is 0 Å². The molecule has 0 fully saturated rings. The molecule has 3 N–H and O–H groups in total. The number of nitrogens with two attached hydrogens (primary N) is 1. The van der Waals surface area contributed by atoms with E-state index >= 15 is 0 Å². The van der Waals surface area contributed by atoms with Crippen LogP contribution in [-0.2, 0) is 4.79 Å². The van der Waals surface area contributed by atoms with Crippen LogP contribution in [0.1, 0.15) is 12.5 Å². The molecule has 6 heteroatoms. The zero-order valence-corrected chi connectivity index (χ0v) is 13.1. The number of anilines is 1. The summed E-state index contributed by atoms with van der Waals surface area (Å²) in [7, 11) is 1.54. The lowest BCUT2D eigenvalue weighted by Gasteiger charge is -2.09. The van der Waals surface area contributed by atoms with Crippen molar-refractivity contribution in [3.63, 3.8) is 0 Å². The highest BCUT2D eigenvalue weighted by molar-refractivity contribution is 5.99. The first-order valence-corrected chi connectivity index (χ1v) is 7.05. The quantitative estimate of drug-likeness (QED) is 0.486. The van der Waals surface area contributed by atoms with Gasteiger partial charge in [0.1, 0.15) is 0 Å². The normalized spacial score (nSPS) is 11.0. The predicted molar refractivity (Wildman–Crippen MR) is 89.7 cm³/mol. The van der Waals surface area contributed by atoms with Crippen molar-refractivity contribution in [2.45, 2.75) is 6.92 Å². The maximum Gasteiger partial charge on any atom is 0.277 e. The lowest BCUT2D eigenvalue weighted by molar-refractivity contribution is -0.123. The third kappa shape index (κ3) is 4.74. The molecule has 0 saturated carbocycles. The lowest BCUT2D eigenvalue weighted by Crippen LogP contribution is -2.25. The van der Waals surface area contributed by atoms with Crippen LogP contribution in [0, 0.1) is 0 Å². The number of nitrogens with one attached hydrogen (secondary N) is 1. The maximum absolute atomic E-state index is 11.8. The van der Waals surface area contributed by atoms with Gasteiger partial charge in [-0.3, -0.25) is 4.79 Å². The van der Waals surface area contributed by atoms with E-state index in [-0.39, 0.29) is 12.5 Å². The van der Waals surface area contributed by atoms with Crippen LogP contribution in [0.2, 0.25) is 0 Å². The average molecular weight is 313 g/mol. The molecular formula is C17H19N3O3. The Morgan fingerprint density at radius 2 is 1.91 bits per heavy atom. The Bertz CT molecular complexity index is 714. The summed E-state index contributed by atoms with van der Waals surface area (Å²) in [6, 6.07) is 14.4. The molecule has 0 unspecified atom stereocenters. The van der Waals surface area contributed by atoms with Crippen molar-refractivity contribution in [2.24, 2.45) is 5.10 Å². The molecule has 0 saturated heterocycles. The summed E-state index contributed by atoms with van der Waals surface area (Å²) in [6.07, 6.45) is 0. The van der Waals surface area contributed by atoms with E-state index in [0.29, 0.717) is 22.9 Å². The van der Waals surface area contributed by atoms with Gasteiger partial charge in [-0.2, -0.15) is 5.10 Å². The Kier molecular flexibility index (Phi) is 5.57. The second kappa shape index (κ2) is 7.84. The minimum absolute atomic E-state index is 0.159. The summed E-state index contributed by atoms with van der Waals surface area (Å²) in [6.45, 7) is 1.63. The van der Waals surface area contributed by atoms with E-state index in [2.05, 4.69) is 10.5 Å². The first kappa shape index (κ1) is 16.4. The molecule has 0 heterocycles. The highest BCUT2D eigenvalue weighted by atomic mass is 16.5. The number of rotatable bonds is 6. The van der Waals surface area contributed by atoms with E-state index in [0.717, 1.165) is 5.56 Å². The number of hydrogen-bond donors (Lipinski definition) is 2. The SMILES string of the molecule is COc1ccccc1OCC(=O)NN=C(C)c1cccc(N)c1. The lowest BCUT2D eigenvalue weighted by atomic mass is 10.1. The van der Waals surface area contributed by atoms with Crippen LogP contribution in [-0.4, -0.2) is 25.3 Å². The Labute approximate surface area is 134 Å². The van der Waals surface area contributed by atoms with Crippen molar-refractivity contribution in [1.82, 2.24) is 5.43 Å². The van der Waals surface area contributed by atoms with Crippen LogP contribution in [0.15, 0.2) is 53.6 Å². The molecule has 0 spiro atoms. The largest absolute Gasteiger partial charge is 0.493 e. The first-order valence-electron chi connectivity index (χ1n) is 7.05. The highest BCUT2D eigenvalue weighted by Crippen LogP contribution is 2.25. The molecule has 0 aromatic heterocycles. The minimum atomic E-state index is -0.362. The number of amides is 1. The molecule has 2 rings (SSSR count). The Balaban J connectivity index is 1.91. The fourth-order valence-electron chi connectivity index (χ4n) is 1.89. The van der Waals surface area contributed by atoms with Crippen molar-refractivity contribution in [1.29, 1.82) is 0 Å². The monoisotopic (exact) mass is 313 g/mol. The number of nitrogens with zero attached hydrogens (tertiary/aromatic N) is 1. The third-order valence-corrected chi connectivity index (χ3v) is 3.08. The van der Waals surface area contributed by atoms with Crippen LogP contribution < -0.4 is 20.6 Å². The summed E-state index contributed by atoms with van der Waals surface area (Å²) in [5.41, 5.74) is 10.3. The molecule has 0 atom stereocenters. The number of benzene rings is 2. The zero-order valence-electron chi connectivity index (χ0n) is 13.1. The zero-order chi connectivity index (χ0) is 16.7. The number of para-hydroxylation sites is 2. The molecule has 2 aromatic rings. The van der Waals surface area contributed by atoms with Gasteiger partial charge in [-0.1, -0.05) is 24.3 Å². The number of hydrogen-bond acceptors (Lipinski definition) is 5. The van der Waals surface area contributed by atoms with Gasteiger partial charge in [0.15, 0.2) is 18.1 Å². The Hall–Kier alpha value is -3.02. The second-order valence-electron chi connectivity index (χ2n) is 4.80. The molecule has 0 radical (unpaired) electrons. The second-order valence-corrected chi connectivity index (χ2v) is 4.80. The van der Waals surface area contributed by atoms with E-state index in [1.807, 2.05) is 18.2 Å². The number of methoxy groups -OCH3 is 1. The van der Waals surface area contributed by atoms with Gasteiger partial charge >= 0.3 is 0 Å². The van der Waals surface area contributed by atoms with Crippen LogP contribution in [0.3, 0.4) is 0 Å². The molecule has 120 valence electrons. The van der Waals surface area contributed by atoms with Crippen molar-refractivity contribution in [2.75, 3.05) is 19.5 Å². The topological polar surface area (TPSA) is 85.9 Å². The maximum atomic E-state index is 11.8. The summed E-state index contributed by atoms with van der Waals surface area (Å²) >= 11 is 0. The van der Waals surface area contributed by atoms with E-state index in [9.17, 15) is 4.79 Å². The molecule has 0 aliphatic heterocycles. The van der Waals surface area contributed by atoms with E-state index in [1.165, 1.54) is 0 Å². The summed E-state index contributed by atoms with van der Waals surface area (Å²) in [5.74, 6) is 0.709. The van der Waals surface area contributed by atoms with Crippen LogP contribution in [0.4, 0.5) is 5.69 Å². The number of carbonyl (C=O) groups is 1. The number of carbonyl (C=O) groups excluding carboxylic acids is 1. The molecule has 2 aromatic carbocycles. The first-order chi connectivity index (χ1) is 11.1. The predicted octanol–water partition coefficient (Wildman–Crippen LogP) is 2.20. The van der Waals surface area contributed by atoms with Gasteiger partial charge in [0, 0.05) is 5.69 Å². The standard InChI is InChI=1S/C17H19N3O3/c1-12(13-6-5-7-14(18)10-13)19-20-17(21)11-23-16-9-4-3-8-15(16)22-2/h3-10H,11,18H2,1-2H3,(H,20,21). The molecule has 0 aliphatic carbocycles.